The van der Waals surface area contributed by atoms with Crippen LogP contribution >= 0.6 is 23.2 Å². The predicted octanol–water partition coefficient (Wildman–Crippen LogP) is 3.68. The second kappa shape index (κ2) is 9.67. The fourth-order valence-electron chi connectivity index (χ4n) is 2.67. The van der Waals surface area contributed by atoms with Crippen LogP contribution in [0.4, 0.5) is 5.69 Å². The molecule has 0 saturated carbocycles. The van der Waals surface area contributed by atoms with Crippen molar-refractivity contribution in [1.29, 1.82) is 0 Å². The van der Waals surface area contributed by atoms with Crippen molar-refractivity contribution in [1.82, 2.24) is 14.8 Å². The number of halogens is 2. The molecule has 2 rings (SSSR count). The molecule has 1 amide bonds. The maximum atomic E-state index is 12.2. The number of rotatable bonds is 6. The number of carbonyl (C=O) groups excluding carboxylic acids is 1. The van der Waals surface area contributed by atoms with Crippen molar-refractivity contribution >= 4 is 40.8 Å². The Labute approximate surface area is 170 Å². The van der Waals surface area contributed by atoms with E-state index in [1.807, 2.05) is 54.9 Å². The van der Waals surface area contributed by atoms with Crippen molar-refractivity contribution in [2.24, 2.45) is 12.0 Å². The van der Waals surface area contributed by atoms with Crippen LogP contribution in [0.3, 0.4) is 0 Å². The molecule has 0 aliphatic rings. The zero-order valence-corrected chi connectivity index (χ0v) is 17.5. The quantitative estimate of drug-likeness (QED) is 0.564. The highest BCUT2D eigenvalue weighted by Gasteiger charge is 2.11. The van der Waals surface area contributed by atoms with Crippen LogP contribution in [-0.2, 0) is 18.4 Å². The summed E-state index contributed by atoms with van der Waals surface area (Å²) in [6.07, 6.45) is 2.18. The molecule has 1 aromatic carbocycles. The summed E-state index contributed by atoms with van der Waals surface area (Å²) >= 11 is 12.1. The number of aromatic nitrogens is 1. The zero-order valence-electron chi connectivity index (χ0n) is 16.0. The van der Waals surface area contributed by atoms with Crippen LogP contribution in [0.25, 0.3) is 0 Å². The molecule has 0 atom stereocenters. The van der Waals surface area contributed by atoms with Crippen LogP contribution in [0.2, 0.25) is 10.0 Å². The number of aryl methyl sites for hydroxylation is 1. The first-order valence-corrected chi connectivity index (χ1v) is 9.35. The average molecular weight is 410 g/mol. The molecule has 0 unspecified atom stereocenters. The lowest BCUT2D eigenvalue weighted by atomic mass is 10.2. The van der Waals surface area contributed by atoms with E-state index in [1.54, 1.807) is 13.1 Å². The lowest BCUT2D eigenvalue weighted by Crippen LogP contribution is -2.40. The van der Waals surface area contributed by atoms with Crippen LogP contribution in [-0.4, -0.2) is 42.0 Å². The number of guanidine groups is 1. The largest absolute Gasteiger partial charge is 0.356 e. The normalized spacial score (nSPS) is 11.4. The molecule has 0 saturated heterocycles. The van der Waals surface area contributed by atoms with E-state index >= 15 is 0 Å². The van der Waals surface area contributed by atoms with Crippen LogP contribution < -0.4 is 10.6 Å². The van der Waals surface area contributed by atoms with E-state index in [0.29, 0.717) is 35.5 Å². The Morgan fingerprint density at radius 3 is 2.70 bits per heavy atom. The summed E-state index contributed by atoms with van der Waals surface area (Å²) in [6, 6.07) is 7.38. The average Bonchev–Trinajstić information content (AvgIpc) is 2.93. The van der Waals surface area contributed by atoms with Gasteiger partial charge in [0.05, 0.1) is 11.6 Å². The summed E-state index contributed by atoms with van der Waals surface area (Å²) in [5.41, 5.74) is 2.66. The predicted molar refractivity (Wildman–Crippen MR) is 113 cm³/mol. The third-order valence-corrected chi connectivity index (χ3v) is 4.84. The summed E-state index contributed by atoms with van der Waals surface area (Å²) in [5.74, 6) is 0.624. The third kappa shape index (κ3) is 5.91. The fraction of sp³-hybridized carbons (Fsp3) is 0.368. The Bertz CT molecular complexity index is 832. The van der Waals surface area contributed by atoms with Gasteiger partial charge in [0.15, 0.2) is 5.96 Å². The number of carbonyl (C=O) groups is 1. The first-order chi connectivity index (χ1) is 12.8. The number of benzene rings is 1. The molecule has 0 radical (unpaired) electrons. The maximum absolute atomic E-state index is 12.2. The van der Waals surface area contributed by atoms with Gasteiger partial charge in [-0.05, 0) is 30.7 Å². The lowest BCUT2D eigenvalue weighted by Gasteiger charge is -2.22. The standard InChI is InChI=1S/C19H25Cl2N5O/c1-13-16(21)6-5-7-17(13)24-18(27)8-9-23-19(22-2)26(4)12-15-10-14(20)11-25(15)3/h5-7,10-11H,8-9,12H2,1-4H3,(H,22,23)(H,24,27). The van der Waals surface area contributed by atoms with Crippen LogP contribution in [0.1, 0.15) is 17.7 Å². The molecule has 6 nitrogen and oxygen atoms in total. The lowest BCUT2D eigenvalue weighted by molar-refractivity contribution is -0.116. The number of anilines is 1. The van der Waals surface area contributed by atoms with Gasteiger partial charge in [-0.15, -0.1) is 0 Å². The van der Waals surface area contributed by atoms with Crippen LogP contribution in [0.5, 0.6) is 0 Å². The first kappa shape index (κ1) is 21.1. The highest BCUT2D eigenvalue weighted by atomic mass is 35.5. The van der Waals surface area contributed by atoms with E-state index in [0.717, 1.165) is 16.9 Å². The summed E-state index contributed by atoms with van der Waals surface area (Å²) in [6.45, 7) is 3.00. The molecule has 1 aromatic heterocycles. The second-order valence-corrected chi connectivity index (χ2v) is 7.14. The molecule has 0 fully saturated rings. The van der Waals surface area contributed by atoms with Crippen LogP contribution in [0.15, 0.2) is 35.5 Å². The van der Waals surface area contributed by atoms with E-state index in [1.165, 1.54) is 0 Å². The molecular weight excluding hydrogens is 385 g/mol. The van der Waals surface area contributed by atoms with Crippen molar-refractivity contribution in [3.05, 3.63) is 51.8 Å². The smallest absolute Gasteiger partial charge is 0.226 e. The minimum absolute atomic E-state index is 0.0832. The van der Waals surface area contributed by atoms with E-state index in [-0.39, 0.29) is 5.91 Å². The van der Waals surface area contributed by atoms with E-state index in [4.69, 9.17) is 23.2 Å². The molecule has 2 aromatic rings. The van der Waals surface area contributed by atoms with Gasteiger partial charge >= 0.3 is 0 Å². The van der Waals surface area contributed by atoms with Gasteiger partial charge in [-0.1, -0.05) is 29.3 Å². The Balaban J connectivity index is 1.84. The van der Waals surface area contributed by atoms with Crippen molar-refractivity contribution < 1.29 is 4.79 Å². The second-order valence-electron chi connectivity index (χ2n) is 6.30. The van der Waals surface area contributed by atoms with Gasteiger partial charge in [-0.2, -0.15) is 0 Å². The number of aliphatic imine (C=N–C) groups is 1. The van der Waals surface area contributed by atoms with Gasteiger partial charge in [-0.3, -0.25) is 9.79 Å². The molecule has 0 spiro atoms. The molecule has 2 N–H and O–H groups in total. The molecule has 146 valence electrons. The van der Waals surface area contributed by atoms with Gasteiger partial charge in [0.2, 0.25) is 5.91 Å². The van der Waals surface area contributed by atoms with Crippen molar-refractivity contribution in [3.8, 4) is 0 Å². The molecule has 8 heteroatoms. The Hall–Kier alpha value is -2.18. The van der Waals surface area contributed by atoms with E-state index < -0.39 is 0 Å². The number of hydrogen-bond acceptors (Lipinski definition) is 2. The number of nitrogens with one attached hydrogen (secondary N) is 2. The SMILES string of the molecule is CN=C(NCCC(=O)Nc1cccc(Cl)c1C)N(C)Cc1cc(Cl)cn1C. The Morgan fingerprint density at radius 2 is 2.07 bits per heavy atom. The van der Waals surface area contributed by atoms with Gasteiger partial charge in [-0.25, -0.2) is 0 Å². The minimum Gasteiger partial charge on any atom is -0.356 e. The summed E-state index contributed by atoms with van der Waals surface area (Å²) in [5, 5.41) is 7.43. The summed E-state index contributed by atoms with van der Waals surface area (Å²) in [7, 11) is 5.60. The van der Waals surface area contributed by atoms with Crippen molar-refractivity contribution in [3.63, 3.8) is 0 Å². The van der Waals surface area contributed by atoms with Gasteiger partial charge in [0.1, 0.15) is 0 Å². The monoisotopic (exact) mass is 409 g/mol. The van der Waals surface area contributed by atoms with Gasteiger partial charge in [0.25, 0.3) is 0 Å². The number of amides is 1. The van der Waals surface area contributed by atoms with E-state index in [2.05, 4.69) is 15.6 Å². The molecule has 1 heterocycles. The third-order valence-electron chi connectivity index (χ3n) is 4.22. The highest BCUT2D eigenvalue weighted by Crippen LogP contribution is 2.22. The van der Waals surface area contributed by atoms with E-state index in [9.17, 15) is 4.79 Å². The maximum Gasteiger partial charge on any atom is 0.226 e. The number of nitrogens with zero attached hydrogens (tertiary/aromatic N) is 3. The topological polar surface area (TPSA) is 61.7 Å². The molecular formula is C19H25Cl2N5O. The highest BCUT2D eigenvalue weighted by molar-refractivity contribution is 6.31. The zero-order chi connectivity index (χ0) is 20.0. The minimum atomic E-state index is -0.0832. The first-order valence-electron chi connectivity index (χ1n) is 8.59. The molecule has 0 bridgehead atoms. The molecule has 27 heavy (non-hydrogen) atoms. The Kier molecular flexibility index (Phi) is 7.56. The summed E-state index contributed by atoms with van der Waals surface area (Å²) < 4.78 is 1.98. The van der Waals surface area contributed by atoms with Gasteiger partial charge < -0.3 is 20.1 Å². The molecule has 0 aliphatic heterocycles. The van der Waals surface area contributed by atoms with Gasteiger partial charge in [0, 0.05) is 56.7 Å². The van der Waals surface area contributed by atoms with Crippen LogP contribution in [0, 0.1) is 6.92 Å². The number of hydrogen-bond donors (Lipinski definition) is 2. The molecule has 0 aliphatic carbocycles. The van der Waals surface area contributed by atoms with Crippen molar-refractivity contribution in [2.45, 2.75) is 19.9 Å². The Morgan fingerprint density at radius 1 is 1.33 bits per heavy atom. The van der Waals surface area contributed by atoms with Crippen molar-refractivity contribution in [2.75, 3.05) is 26.0 Å². The summed E-state index contributed by atoms with van der Waals surface area (Å²) in [4.78, 5) is 18.4. The fourth-order valence-corrected chi connectivity index (χ4v) is 3.12.